The van der Waals surface area contributed by atoms with E-state index < -0.39 is 11.9 Å². The topological polar surface area (TPSA) is 40.5 Å². The van der Waals surface area contributed by atoms with Gasteiger partial charge in [0.25, 0.3) is 0 Å². The number of rotatable bonds is 3. The molecule has 1 aromatic rings. The van der Waals surface area contributed by atoms with Crippen molar-refractivity contribution in [3.05, 3.63) is 35.4 Å². The lowest BCUT2D eigenvalue weighted by Crippen LogP contribution is -2.41. The average molecular weight is 219 g/mol. The molecule has 86 valence electrons. The molecule has 0 radical (unpaired) electrons. The minimum absolute atomic E-state index is 0.419. The van der Waals surface area contributed by atoms with Crippen molar-refractivity contribution in [2.24, 2.45) is 0 Å². The quantitative estimate of drug-likeness (QED) is 0.844. The van der Waals surface area contributed by atoms with Gasteiger partial charge in [0.1, 0.15) is 0 Å². The monoisotopic (exact) mass is 219 g/mol. The number of carbonyl (C=O) groups is 1. The SMILES string of the molecule is CC(C(=O)O)c1cccc(C2CN(C)C2)c1. The maximum atomic E-state index is 10.9. The van der Waals surface area contributed by atoms with Crippen LogP contribution in [0.25, 0.3) is 0 Å². The third-order valence-corrected chi connectivity index (χ3v) is 3.32. The van der Waals surface area contributed by atoms with Crippen LogP contribution >= 0.6 is 0 Å². The number of carboxylic acids is 1. The van der Waals surface area contributed by atoms with Crippen molar-refractivity contribution in [2.45, 2.75) is 18.8 Å². The molecule has 0 aliphatic carbocycles. The number of nitrogens with zero attached hydrogens (tertiary/aromatic N) is 1. The summed E-state index contributed by atoms with van der Waals surface area (Å²) in [6.07, 6.45) is 0. The predicted octanol–water partition coefficient (Wildman–Crippen LogP) is 1.90. The van der Waals surface area contributed by atoms with E-state index in [9.17, 15) is 4.79 Å². The van der Waals surface area contributed by atoms with Crippen LogP contribution in [0.5, 0.6) is 0 Å². The largest absolute Gasteiger partial charge is 0.481 e. The van der Waals surface area contributed by atoms with Crippen molar-refractivity contribution in [1.29, 1.82) is 0 Å². The van der Waals surface area contributed by atoms with Gasteiger partial charge in [0.15, 0.2) is 0 Å². The van der Waals surface area contributed by atoms with Crippen LogP contribution in [0.3, 0.4) is 0 Å². The summed E-state index contributed by atoms with van der Waals surface area (Å²) < 4.78 is 0. The highest BCUT2D eigenvalue weighted by molar-refractivity contribution is 5.75. The van der Waals surface area contributed by atoms with Gasteiger partial charge in [-0.3, -0.25) is 4.79 Å². The van der Waals surface area contributed by atoms with Crippen molar-refractivity contribution in [2.75, 3.05) is 20.1 Å². The third-order valence-electron chi connectivity index (χ3n) is 3.32. The minimum Gasteiger partial charge on any atom is -0.481 e. The molecule has 2 rings (SSSR count). The molecule has 1 atom stereocenters. The Hall–Kier alpha value is -1.35. The molecule has 3 heteroatoms. The molecule has 0 spiro atoms. The first kappa shape index (κ1) is 11.1. The smallest absolute Gasteiger partial charge is 0.310 e. The highest BCUT2D eigenvalue weighted by Crippen LogP contribution is 2.27. The van der Waals surface area contributed by atoms with Crippen molar-refractivity contribution < 1.29 is 9.90 Å². The summed E-state index contributed by atoms with van der Waals surface area (Å²) in [6.45, 7) is 3.88. The summed E-state index contributed by atoms with van der Waals surface area (Å²) in [5.41, 5.74) is 2.17. The standard InChI is InChI=1S/C13H17NO2/c1-9(13(15)16)10-4-3-5-11(6-10)12-7-14(2)8-12/h3-6,9,12H,7-8H2,1-2H3,(H,15,16). The number of hydrogen-bond donors (Lipinski definition) is 1. The Kier molecular flexibility index (Phi) is 2.97. The van der Waals surface area contributed by atoms with Crippen molar-refractivity contribution >= 4 is 5.97 Å². The van der Waals surface area contributed by atoms with Gasteiger partial charge in [0.2, 0.25) is 0 Å². The van der Waals surface area contributed by atoms with Crippen LogP contribution < -0.4 is 0 Å². The van der Waals surface area contributed by atoms with Crippen molar-refractivity contribution in [1.82, 2.24) is 4.90 Å². The lowest BCUT2D eigenvalue weighted by atomic mass is 9.89. The van der Waals surface area contributed by atoms with Crippen LogP contribution in [-0.4, -0.2) is 36.1 Å². The zero-order valence-electron chi connectivity index (χ0n) is 9.68. The maximum absolute atomic E-state index is 10.9. The first-order chi connectivity index (χ1) is 7.58. The second-order valence-corrected chi connectivity index (χ2v) is 4.65. The molecular formula is C13H17NO2. The summed E-state index contributed by atoms with van der Waals surface area (Å²) in [5, 5.41) is 8.97. The van der Waals surface area contributed by atoms with E-state index in [0.717, 1.165) is 18.7 Å². The fourth-order valence-electron chi connectivity index (χ4n) is 2.13. The second-order valence-electron chi connectivity index (χ2n) is 4.65. The molecule has 1 fully saturated rings. The predicted molar refractivity (Wildman–Crippen MR) is 62.7 cm³/mol. The number of benzene rings is 1. The first-order valence-electron chi connectivity index (χ1n) is 5.59. The minimum atomic E-state index is -0.761. The number of likely N-dealkylation sites (tertiary alicyclic amines) is 1. The molecular weight excluding hydrogens is 202 g/mol. The normalized spacial score (nSPS) is 19.1. The highest BCUT2D eigenvalue weighted by atomic mass is 16.4. The zero-order valence-corrected chi connectivity index (χ0v) is 9.68. The van der Waals surface area contributed by atoms with Gasteiger partial charge in [-0.1, -0.05) is 24.3 Å². The summed E-state index contributed by atoms with van der Waals surface area (Å²) in [5.74, 6) is -0.605. The Balaban J connectivity index is 2.16. The Morgan fingerprint density at radius 1 is 1.50 bits per heavy atom. The fraction of sp³-hybridized carbons (Fsp3) is 0.462. The maximum Gasteiger partial charge on any atom is 0.310 e. The van der Waals surface area contributed by atoms with Gasteiger partial charge in [-0.25, -0.2) is 0 Å². The summed E-state index contributed by atoms with van der Waals surface area (Å²) >= 11 is 0. The summed E-state index contributed by atoms with van der Waals surface area (Å²) in [4.78, 5) is 13.2. The van der Waals surface area contributed by atoms with E-state index in [0.29, 0.717) is 5.92 Å². The van der Waals surface area contributed by atoms with Crippen LogP contribution in [0.1, 0.15) is 29.9 Å². The average Bonchev–Trinajstić information content (AvgIpc) is 2.24. The van der Waals surface area contributed by atoms with E-state index in [-0.39, 0.29) is 0 Å². The molecule has 0 amide bonds. The fourth-order valence-corrected chi connectivity index (χ4v) is 2.13. The molecule has 1 aromatic carbocycles. The van der Waals surface area contributed by atoms with E-state index in [1.807, 2.05) is 18.2 Å². The molecule has 1 aliphatic rings. The van der Waals surface area contributed by atoms with Gasteiger partial charge >= 0.3 is 5.97 Å². The second kappa shape index (κ2) is 4.26. The van der Waals surface area contributed by atoms with Crippen LogP contribution in [-0.2, 0) is 4.79 Å². The molecule has 0 saturated carbocycles. The molecule has 0 bridgehead atoms. The van der Waals surface area contributed by atoms with E-state index in [4.69, 9.17) is 5.11 Å². The van der Waals surface area contributed by atoms with Crippen LogP contribution in [0.2, 0.25) is 0 Å². The lowest BCUT2D eigenvalue weighted by molar-refractivity contribution is -0.138. The molecule has 3 nitrogen and oxygen atoms in total. The van der Waals surface area contributed by atoms with Crippen LogP contribution in [0.4, 0.5) is 0 Å². The Morgan fingerprint density at radius 3 is 2.75 bits per heavy atom. The van der Waals surface area contributed by atoms with E-state index in [2.05, 4.69) is 18.0 Å². The highest BCUT2D eigenvalue weighted by Gasteiger charge is 2.25. The molecule has 1 unspecified atom stereocenters. The van der Waals surface area contributed by atoms with Crippen LogP contribution in [0, 0.1) is 0 Å². The Labute approximate surface area is 95.7 Å². The van der Waals surface area contributed by atoms with Crippen LogP contribution in [0.15, 0.2) is 24.3 Å². The van der Waals surface area contributed by atoms with Crippen molar-refractivity contribution in [3.8, 4) is 0 Å². The van der Waals surface area contributed by atoms with Crippen molar-refractivity contribution in [3.63, 3.8) is 0 Å². The first-order valence-corrected chi connectivity index (χ1v) is 5.59. The Morgan fingerprint density at radius 2 is 2.19 bits per heavy atom. The van der Waals surface area contributed by atoms with E-state index in [1.165, 1.54) is 5.56 Å². The summed E-state index contributed by atoms with van der Waals surface area (Å²) in [7, 11) is 2.10. The number of carboxylic acid groups (broad SMARTS) is 1. The van der Waals surface area contributed by atoms with Gasteiger partial charge in [0.05, 0.1) is 5.92 Å². The van der Waals surface area contributed by atoms with Gasteiger partial charge in [-0.15, -0.1) is 0 Å². The Bertz CT molecular complexity index is 397. The molecule has 0 aromatic heterocycles. The van der Waals surface area contributed by atoms with Gasteiger partial charge in [-0.2, -0.15) is 0 Å². The molecule has 1 N–H and O–H groups in total. The molecule has 1 saturated heterocycles. The van der Waals surface area contributed by atoms with Gasteiger partial charge in [-0.05, 0) is 25.1 Å². The molecule has 1 heterocycles. The lowest BCUT2D eigenvalue weighted by Gasteiger charge is -2.36. The number of hydrogen-bond acceptors (Lipinski definition) is 2. The molecule has 1 aliphatic heterocycles. The van der Waals surface area contributed by atoms with E-state index >= 15 is 0 Å². The number of aliphatic carboxylic acids is 1. The van der Waals surface area contributed by atoms with Gasteiger partial charge in [0, 0.05) is 19.0 Å². The third kappa shape index (κ3) is 2.09. The molecule has 16 heavy (non-hydrogen) atoms. The summed E-state index contributed by atoms with van der Waals surface area (Å²) in [6, 6.07) is 7.99. The zero-order chi connectivity index (χ0) is 11.7. The number of likely N-dealkylation sites (N-methyl/N-ethyl adjacent to an activating group) is 1. The van der Waals surface area contributed by atoms with E-state index in [1.54, 1.807) is 6.92 Å². The van der Waals surface area contributed by atoms with Gasteiger partial charge < -0.3 is 10.0 Å².